The van der Waals surface area contributed by atoms with Crippen molar-refractivity contribution >= 4 is 29.9 Å². The van der Waals surface area contributed by atoms with Crippen LogP contribution in [0.25, 0.3) is 5.69 Å². The fourth-order valence-electron chi connectivity index (χ4n) is 3.19. The lowest BCUT2D eigenvalue weighted by Crippen LogP contribution is -2.37. The standard InChI is InChI=1S/C23H29N5O3.HI/c1-24-23(26-16-18-14-21(30-3)22(31-4)15-20(18)29-2)25-12-10-17-6-8-19(9-7-17)28-13-5-11-27-28;/h5-9,11,13-15H,10,12,16H2,1-4H3,(H2,24,25,26);1H. The molecule has 0 fully saturated rings. The van der Waals surface area contributed by atoms with E-state index in [1.54, 1.807) is 34.6 Å². The third-order valence-electron chi connectivity index (χ3n) is 4.87. The molecular formula is C23H30IN5O3. The molecule has 0 aliphatic carbocycles. The Balaban J connectivity index is 0.00000363. The Morgan fingerprint density at radius 3 is 2.25 bits per heavy atom. The van der Waals surface area contributed by atoms with Gasteiger partial charge in [-0.2, -0.15) is 5.10 Å². The molecule has 0 unspecified atom stereocenters. The maximum absolute atomic E-state index is 5.49. The van der Waals surface area contributed by atoms with Crippen LogP contribution in [0.15, 0.2) is 59.9 Å². The Bertz CT molecular complexity index is 992. The van der Waals surface area contributed by atoms with Crippen LogP contribution in [0.3, 0.4) is 0 Å². The Labute approximate surface area is 206 Å². The van der Waals surface area contributed by atoms with Crippen molar-refractivity contribution in [3.63, 3.8) is 0 Å². The fraction of sp³-hybridized carbons (Fsp3) is 0.304. The molecule has 2 aromatic carbocycles. The van der Waals surface area contributed by atoms with Crippen molar-refractivity contribution in [3.05, 3.63) is 66.0 Å². The van der Waals surface area contributed by atoms with Crippen molar-refractivity contribution in [2.75, 3.05) is 34.9 Å². The molecule has 1 heterocycles. The lowest BCUT2D eigenvalue weighted by atomic mass is 10.1. The van der Waals surface area contributed by atoms with Crippen LogP contribution < -0.4 is 24.8 Å². The van der Waals surface area contributed by atoms with E-state index in [1.807, 2.05) is 29.1 Å². The highest BCUT2D eigenvalue weighted by atomic mass is 127. The molecule has 0 aliphatic rings. The van der Waals surface area contributed by atoms with E-state index in [1.165, 1.54) is 5.56 Å². The van der Waals surface area contributed by atoms with E-state index in [4.69, 9.17) is 14.2 Å². The zero-order chi connectivity index (χ0) is 22.1. The first-order chi connectivity index (χ1) is 15.2. The molecule has 0 saturated heterocycles. The first-order valence-corrected chi connectivity index (χ1v) is 10.0. The van der Waals surface area contributed by atoms with Crippen molar-refractivity contribution in [1.82, 2.24) is 20.4 Å². The summed E-state index contributed by atoms with van der Waals surface area (Å²) in [6.07, 6.45) is 4.58. The number of nitrogens with zero attached hydrogens (tertiary/aromatic N) is 3. The van der Waals surface area contributed by atoms with E-state index < -0.39 is 0 Å². The number of benzene rings is 2. The molecular weight excluding hydrogens is 521 g/mol. The number of halogens is 1. The minimum atomic E-state index is 0. The number of ether oxygens (including phenoxy) is 3. The highest BCUT2D eigenvalue weighted by molar-refractivity contribution is 14.0. The molecule has 1 aromatic heterocycles. The molecule has 172 valence electrons. The van der Waals surface area contributed by atoms with Crippen LogP contribution in [0.2, 0.25) is 0 Å². The number of hydrogen-bond donors (Lipinski definition) is 2. The molecule has 0 radical (unpaired) electrons. The lowest BCUT2D eigenvalue weighted by molar-refractivity contribution is 0.347. The molecule has 3 aromatic rings. The Hall–Kier alpha value is -2.95. The second-order valence-electron chi connectivity index (χ2n) is 6.74. The molecule has 3 rings (SSSR count). The van der Waals surface area contributed by atoms with E-state index in [2.05, 4.69) is 45.0 Å². The van der Waals surface area contributed by atoms with Crippen LogP contribution in [0, 0.1) is 0 Å². The molecule has 2 N–H and O–H groups in total. The Kier molecular flexibility index (Phi) is 10.1. The Morgan fingerprint density at radius 2 is 1.66 bits per heavy atom. The van der Waals surface area contributed by atoms with Crippen LogP contribution in [0.4, 0.5) is 0 Å². The van der Waals surface area contributed by atoms with Gasteiger partial charge in [0, 0.05) is 44.2 Å². The maximum Gasteiger partial charge on any atom is 0.191 e. The van der Waals surface area contributed by atoms with Crippen molar-refractivity contribution < 1.29 is 14.2 Å². The van der Waals surface area contributed by atoms with E-state index in [0.29, 0.717) is 24.0 Å². The van der Waals surface area contributed by atoms with Gasteiger partial charge in [-0.15, -0.1) is 24.0 Å². The molecule has 32 heavy (non-hydrogen) atoms. The fourth-order valence-corrected chi connectivity index (χ4v) is 3.19. The first kappa shape index (κ1) is 25.3. The molecule has 8 nitrogen and oxygen atoms in total. The molecule has 0 atom stereocenters. The molecule has 0 bridgehead atoms. The largest absolute Gasteiger partial charge is 0.496 e. The third kappa shape index (κ3) is 6.52. The van der Waals surface area contributed by atoms with Gasteiger partial charge in [0.05, 0.1) is 27.0 Å². The smallest absolute Gasteiger partial charge is 0.191 e. The lowest BCUT2D eigenvalue weighted by Gasteiger charge is -2.16. The van der Waals surface area contributed by atoms with Gasteiger partial charge in [0.1, 0.15) is 5.75 Å². The number of aromatic nitrogens is 2. The van der Waals surface area contributed by atoms with Gasteiger partial charge >= 0.3 is 0 Å². The summed E-state index contributed by atoms with van der Waals surface area (Å²) in [5, 5.41) is 10.9. The number of rotatable bonds is 9. The predicted molar refractivity (Wildman–Crippen MR) is 137 cm³/mol. The van der Waals surface area contributed by atoms with Crippen LogP contribution in [-0.2, 0) is 13.0 Å². The number of aliphatic imine (C=N–C) groups is 1. The third-order valence-corrected chi connectivity index (χ3v) is 4.87. The van der Waals surface area contributed by atoms with Crippen LogP contribution >= 0.6 is 24.0 Å². The highest BCUT2D eigenvalue weighted by Crippen LogP contribution is 2.34. The summed E-state index contributed by atoms with van der Waals surface area (Å²) in [7, 11) is 6.60. The van der Waals surface area contributed by atoms with E-state index in [0.717, 1.165) is 30.0 Å². The van der Waals surface area contributed by atoms with Crippen molar-refractivity contribution in [1.29, 1.82) is 0 Å². The highest BCUT2D eigenvalue weighted by Gasteiger charge is 2.12. The normalized spacial score (nSPS) is 10.8. The zero-order valence-corrected chi connectivity index (χ0v) is 21.1. The number of nitrogens with one attached hydrogen (secondary N) is 2. The van der Waals surface area contributed by atoms with Crippen molar-refractivity contribution in [2.45, 2.75) is 13.0 Å². The summed E-state index contributed by atoms with van der Waals surface area (Å²) in [6, 6.07) is 14.0. The van der Waals surface area contributed by atoms with Gasteiger partial charge in [-0.05, 0) is 36.2 Å². The molecule has 0 spiro atoms. The van der Waals surface area contributed by atoms with Gasteiger partial charge in [-0.1, -0.05) is 12.1 Å². The summed E-state index contributed by atoms with van der Waals surface area (Å²) in [6.45, 7) is 1.28. The number of guanidine groups is 1. The minimum absolute atomic E-state index is 0. The Morgan fingerprint density at radius 1 is 0.969 bits per heavy atom. The number of methoxy groups -OCH3 is 3. The molecule has 0 aliphatic heterocycles. The van der Waals surface area contributed by atoms with Crippen molar-refractivity contribution in [3.8, 4) is 22.9 Å². The average Bonchev–Trinajstić information content (AvgIpc) is 3.36. The van der Waals surface area contributed by atoms with Gasteiger partial charge in [0.2, 0.25) is 0 Å². The summed E-state index contributed by atoms with van der Waals surface area (Å²) < 4.78 is 18.1. The summed E-state index contributed by atoms with van der Waals surface area (Å²) >= 11 is 0. The number of hydrogen-bond acceptors (Lipinski definition) is 5. The summed E-state index contributed by atoms with van der Waals surface area (Å²) in [5.41, 5.74) is 3.22. The van der Waals surface area contributed by atoms with Crippen LogP contribution in [0.1, 0.15) is 11.1 Å². The molecule has 9 heteroatoms. The van der Waals surface area contributed by atoms with Crippen molar-refractivity contribution in [2.24, 2.45) is 4.99 Å². The second kappa shape index (κ2) is 12.8. The topological polar surface area (TPSA) is 81.9 Å². The second-order valence-corrected chi connectivity index (χ2v) is 6.74. The first-order valence-electron chi connectivity index (χ1n) is 10.0. The average molecular weight is 551 g/mol. The minimum Gasteiger partial charge on any atom is -0.496 e. The van der Waals surface area contributed by atoms with E-state index in [-0.39, 0.29) is 24.0 Å². The quantitative estimate of drug-likeness (QED) is 0.241. The van der Waals surface area contributed by atoms with Crippen LogP contribution in [-0.4, -0.2) is 50.7 Å². The van der Waals surface area contributed by atoms with Gasteiger partial charge in [0.25, 0.3) is 0 Å². The van der Waals surface area contributed by atoms with Crippen LogP contribution in [0.5, 0.6) is 17.2 Å². The molecule has 0 amide bonds. The van der Waals surface area contributed by atoms with E-state index in [9.17, 15) is 0 Å². The maximum atomic E-state index is 5.49. The van der Waals surface area contributed by atoms with Gasteiger partial charge in [-0.3, -0.25) is 4.99 Å². The monoisotopic (exact) mass is 551 g/mol. The van der Waals surface area contributed by atoms with E-state index >= 15 is 0 Å². The summed E-state index contributed by atoms with van der Waals surface area (Å²) in [4.78, 5) is 4.30. The van der Waals surface area contributed by atoms with Gasteiger partial charge in [0.15, 0.2) is 17.5 Å². The summed E-state index contributed by atoms with van der Waals surface area (Å²) in [5.74, 6) is 2.72. The van der Waals surface area contributed by atoms with Gasteiger partial charge in [-0.25, -0.2) is 4.68 Å². The van der Waals surface area contributed by atoms with Gasteiger partial charge < -0.3 is 24.8 Å². The zero-order valence-electron chi connectivity index (χ0n) is 18.8. The predicted octanol–water partition coefficient (Wildman–Crippen LogP) is 3.42. The molecule has 0 saturated carbocycles. The SMILES string of the molecule is CN=C(NCCc1ccc(-n2cccn2)cc1)NCc1cc(OC)c(OC)cc1OC.I.